The van der Waals surface area contributed by atoms with Crippen molar-refractivity contribution in [3.63, 3.8) is 0 Å². The van der Waals surface area contributed by atoms with Gasteiger partial charge in [-0.1, -0.05) is 24.5 Å². The SMILES string of the molecule is CC(C)(C)NCc1cn(CCOCC2CCCCC2)nn1. The van der Waals surface area contributed by atoms with Crippen molar-refractivity contribution in [1.29, 1.82) is 0 Å². The Morgan fingerprint density at radius 3 is 2.76 bits per heavy atom. The Morgan fingerprint density at radius 1 is 1.29 bits per heavy atom. The highest BCUT2D eigenvalue weighted by Gasteiger charge is 2.13. The van der Waals surface area contributed by atoms with Crippen LogP contribution in [-0.2, 0) is 17.8 Å². The normalized spacial score (nSPS) is 17.3. The van der Waals surface area contributed by atoms with Crippen LogP contribution in [0.2, 0.25) is 0 Å². The molecule has 0 aliphatic heterocycles. The van der Waals surface area contributed by atoms with Crippen molar-refractivity contribution in [3.8, 4) is 0 Å². The first-order valence-electron chi connectivity index (χ1n) is 8.25. The van der Waals surface area contributed by atoms with Gasteiger partial charge in [0, 0.05) is 24.9 Å². The van der Waals surface area contributed by atoms with Gasteiger partial charge in [0.1, 0.15) is 0 Å². The minimum absolute atomic E-state index is 0.104. The molecule has 1 heterocycles. The third kappa shape index (κ3) is 6.57. The number of nitrogens with zero attached hydrogens (tertiary/aromatic N) is 3. The predicted octanol–water partition coefficient (Wildman–Crippen LogP) is 2.76. The van der Waals surface area contributed by atoms with Crippen molar-refractivity contribution in [3.05, 3.63) is 11.9 Å². The van der Waals surface area contributed by atoms with Crippen LogP contribution >= 0.6 is 0 Å². The van der Waals surface area contributed by atoms with Gasteiger partial charge in [-0.15, -0.1) is 5.10 Å². The van der Waals surface area contributed by atoms with Crippen LogP contribution in [0.25, 0.3) is 0 Å². The molecule has 1 aromatic rings. The van der Waals surface area contributed by atoms with Gasteiger partial charge in [0.05, 0.1) is 18.8 Å². The number of ether oxygens (including phenoxy) is 1. The van der Waals surface area contributed by atoms with Crippen LogP contribution in [0.4, 0.5) is 0 Å². The summed E-state index contributed by atoms with van der Waals surface area (Å²) in [4.78, 5) is 0. The highest BCUT2D eigenvalue weighted by atomic mass is 16.5. The van der Waals surface area contributed by atoms with Gasteiger partial charge >= 0.3 is 0 Å². The monoisotopic (exact) mass is 294 g/mol. The number of nitrogens with one attached hydrogen (secondary N) is 1. The summed E-state index contributed by atoms with van der Waals surface area (Å²) in [6.45, 7) is 9.63. The van der Waals surface area contributed by atoms with Crippen molar-refractivity contribution >= 4 is 0 Å². The molecule has 0 unspecified atom stereocenters. The van der Waals surface area contributed by atoms with Gasteiger partial charge in [0.15, 0.2) is 0 Å². The average Bonchev–Trinajstić information content (AvgIpc) is 2.90. The van der Waals surface area contributed by atoms with Gasteiger partial charge in [0.25, 0.3) is 0 Å². The lowest BCUT2D eigenvalue weighted by Crippen LogP contribution is -2.35. The number of aromatic nitrogens is 3. The highest BCUT2D eigenvalue weighted by molar-refractivity contribution is 4.93. The van der Waals surface area contributed by atoms with Crippen molar-refractivity contribution in [2.24, 2.45) is 5.92 Å². The maximum absolute atomic E-state index is 5.80. The smallest absolute Gasteiger partial charge is 0.0965 e. The lowest BCUT2D eigenvalue weighted by molar-refractivity contribution is 0.0779. The molecule has 0 spiro atoms. The molecule has 1 aliphatic carbocycles. The fourth-order valence-electron chi connectivity index (χ4n) is 2.65. The van der Waals surface area contributed by atoms with Crippen LogP contribution in [0.1, 0.15) is 58.6 Å². The third-order valence-corrected chi connectivity index (χ3v) is 3.93. The minimum atomic E-state index is 0.104. The van der Waals surface area contributed by atoms with Crippen LogP contribution < -0.4 is 5.32 Å². The van der Waals surface area contributed by atoms with Crippen LogP contribution in [0.3, 0.4) is 0 Å². The molecule has 0 amide bonds. The highest BCUT2D eigenvalue weighted by Crippen LogP contribution is 2.23. The van der Waals surface area contributed by atoms with E-state index in [0.717, 1.165) is 37.9 Å². The second kappa shape index (κ2) is 7.90. The first-order chi connectivity index (χ1) is 10.0. The van der Waals surface area contributed by atoms with Gasteiger partial charge in [0.2, 0.25) is 0 Å². The van der Waals surface area contributed by atoms with E-state index < -0.39 is 0 Å². The Hall–Kier alpha value is -0.940. The summed E-state index contributed by atoms with van der Waals surface area (Å²) >= 11 is 0. The molecule has 21 heavy (non-hydrogen) atoms. The Morgan fingerprint density at radius 2 is 2.05 bits per heavy atom. The van der Waals surface area contributed by atoms with E-state index in [1.807, 2.05) is 10.9 Å². The van der Waals surface area contributed by atoms with Crippen LogP contribution in [0.5, 0.6) is 0 Å². The summed E-state index contributed by atoms with van der Waals surface area (Å²) in [6, 6.07) is 0. The van der Waals surface area contributed by atoms with E-state index >= 15 is 0 Å². The van der Waals surface area contributed by atoms with E-state index in [1.165, 1.54) is 32.1 Å². The Balaban J connectivity index is 1.61. The molecular formula is C16H30N4O. The number of rotatable bonds is 7. The van der Waals surface area contributed by atoms with E-state index in [9.17, 15) is 0 Å². The fourth-order valence-corrected chi connectivity index (χ4v) is 2.65. The van der Waals surface area contributed by atoms with Crippen LogP contribution in [-0.4, -0.2) is 33.7 Å². The zero-order valence-corrected chi connectivity index (χ0v) is 13.8. The largest absolute Gasteiger partial charge is 0.379 e. The zero-order chi connectivity index (χ0) is 15.1. The molecule has 0 radical (unpaired) electrons. The van der Waals surface area contributed by atoms with Crippen molar-refractivity contribution in [1.82, 2.24) is 20.3 Å². The van der Waals surface area contributed by atoms with Crippen molar-refractivity contribution in [2.45, 2.75) is 71.5 Å². The second-order valence-corrected chi connectivity index (χ2v) is 7.16. The zero-order valence-electron chi connectivity index (χ0n) is 13.8. The fraction of sp³-hybridized carbons (Fsp3) is 0.875. The molecule has 0 atom stereocenters. The standard InChI is InChI=1S/C16H30N4O/c1-16(2,3)17-11-15-12-20(19-18-15)9-10-21-13-14-7-5-4-6-8-14/h12,14,17H,4-11,13H2,1-3H3. The molecule has 0 saturated heterocycles. The molecule has 5 nitrogen and oxygen atoms in total. The van der Waals surface area contributed by atoms with E-state index in [1.54, 1.807) is 0 Å². The minimum Gasteiger partial charge on any atom is -0.379 e. The molecule has 1 saturated carbocycles. The van der Waals surface area contributed by atoms with E-state index in [-0.39, 0.29) is 5.54 Å². The molecule has 0 bridgehead atoms. The van der Waals surface area contributed by atoms with Gasteiger partial charge in [-0.25, -0.2) is 4.68 Å². The molecule has 5 heteroatoms. The predicted molar refractivity (Wildman–Crippen MR) is 84.0 cm³/mol. The average molecular weight is 294 g/mol. The summed E-state index contributed by atoms with van der Waals surface area (Å²) in [5.74, 6) is 0.779. The molecule has 2 rings (SSSR count). The third-order valence-electron chi connectivity index (χ3n) is 3.93. The summed E-state index contributed by atoms with van der Waals surface area (Å²) in [7, 11) is 0. The molecule has 1 aliphatic rings. The van der Waals surface area contributed by atoms with Gasteiger partial charge in [-0.2, -0.15) is 0 Å². The maximum Gasteiger partial charge on any atom is 0.0965 e. The molecule has 1 aromatic heterocycles. The molecule has 1 N–H and O–H groups in total. The molecular weight excluding hydrogens is 264 g/mol. The van der Waals surface area contributed by atoms with Gasteiger partial charge in [-0.3, -0.25) is 0 Å². The number of hydrogen-bond donors (Lipinski definition) is 1. The first-order valence-corrected chi connectivity index (χ1v) is 8.25. The van der Waals surface area contributed by atoms with Gasteiger partial charge < -0.3 is 10.1 Å². The Labute approximate surface area is 128 Å². The summed E-state index contributed by atoms with van der Waals surface area (Å²) in [5, 5.41) is 11.7. The topological polar surface area (TPSA) is 52.0 Å². The molecule has 0 aromatic carbocycles. The quantitative estimate of drug-likeness (QED) is 0.786. The Bertz CT molecular complexity index is 405. The second-order valence-electron chi connectivity index (χ2n) is 7.16. The Kier molecular flexibility index (Phi) is 6.18. The summed E-state index contributed by atoms with van der Waals surface area (Å²) < 4.78 is 7.67. The van der Waals surface area contributed by atoms with Crippen molar-refractivity contribution in [2.75, 3.05) is 13.2 Å². The molecule has 120 valence electrons. The van der Waals surface area contributed by atoms with Crippen LogP contribution in [0.15, 0.2) is 6.20 Å². The van der Waals surface area contributed by atoms with E-state index in [0.29, 0.717) is 0 Å². The van der Waals surface area contributed by atoms with Crippen LogP contribution in [0, 0.1) is 5.92 Å². The number of hydrogen-bond acceptors (Lipinski definition) is 4. The van der Waals surface area contributed by atoms with E-state index in [4.69, 9.17) is 4.74 Å². The molecule has 1 fully saturated rings. The van der Waals surface area contributed by atoms with E-state index in [2.05, 4.69) is 36.4 Å². The lowest BCUT2D eigenvalue weighted by atomic mass is 9.90. The summed E-state index contributed by atoms with van der Waals surface area (Å²) in [5.41, 5.74) is 1.09. The maximum atomic E-state index is 5.80. The van der Waals surface area contributed by atoms with Gasteiger partial charge in [-0.05, 0) is 39.5 Å². The first kappa shape index (κ1) is 16.4. The van der Waals surface area contributed by atoms with Crippen molar-refractivity contribution < 1.29 is 4.74 Å². The summed E-state index contributed by atoms with van der Waals surface area (Å²) in [6.07, 6.45) is 8.84. The lowest BCUT2D eigenvalue weighted by Gasteiger charge is -2.21.